The fourth-order valence-corrected chi connectivity index (χ4v) is 2.64. The summed E-state index contributed by atoms with van der Waals surface area (Å²) >= 11 is 1.77. The third kappa shape index (κ3) is 2.48. The zero-order chi connectivity index (χ0) is 12.3. The largest absolute Gasteiger partial charge is 0.352 e. The number of thiophene rings is 1. The van der Waals surface area contributed by atoms with E-state index in [1.165, 1.54) is 4.88 Å². The lowest BCUT2D eigenvalue weighted by atomic mass is 10.2. The first kappa shape index (κ1) is 12.1. The molecule has 0 radical (unpaired) electrons. The minimum atomic E-state index is 0.315. The molecule has 0 aliphatic carbocycles. The molecule has 17 heavy (non-hydrogen) atoms. The standard InChI is InChI=1S/C13H17N3S/c1-10(12-6-4-8-17-12)16(2)13-11(9-14)5-3-7-15-13/h3-8,10H,9,14H2,1-2H3. The van der Waals surface area contributed by atoms with Gasteiger partial charge in [-0.3, -0.25) is 0 Å². The van der Waals surface area contributed by atoms with E-state index in [-0.39, 0.29) is 0 Å². The van der Waals surface area contributed by atoms with E-state index in [0.29, 0.717) is 12.6 Å². The van der Waals surface area contributed by atoms with Crippen molar-refractivity contribution in [3.63, 3.8) is 0 Å². The molecule has 0 aliphatic rings. The SMILES string of the molecule is CC(c1cccs1)N(C)c1ncccc1CN. The third-order valence-electron chi connectivity index (χ3n) is 2.96. The molecule has 0 amide bonds. The van der Waals surface area contributed by atoms with Crippen molar-refractivity contribution in [2.45, 2.75) is 19.5 Å². The summed E-state index contributed by atoms with van der Waals surface area (Å²) in [5, 5.41) is 2.10. The second-order valence-corrected chi connectivity index (χ2v) is 4.97. The van der Waals surface area contributed by atoms with Crippen LogP contribution < -0.4 is 10.6 Å². The smallest absolute Gasteiger partial charge is 0.133 e. The summed E-state index contributed by atoms with van der Waals surface area (Å²) in [6.07, 6.45) is 1.81. The van der Waals surface area contributed by atoms with Crippen LogP contribution in [0.2, 0.25) is 0 Å². The molecule has 3 nitrogen and oxygen atoms in total. The zero-order valence-corrected chi connectivity index (χ0v) is 10.9. The summed E-state index contributed by atoms with van der Waals surface area (Å²) in [4.78, 5) is 7.94. The highest BCUT2D eigenvalue weighted by Crippen LogP contribution is 2.28. The molecule has 1 atom stereocenters. The van der Waals surface area contributed by atoms with Crippen LogP contribution in [0.1, 0.15) is 23.4 Å². The average molecular weight is 247 g/mol. The van der Waals surface area contributed by atoms with E-state index < -0.39 is 0 Å². The zero-order valence-electron chi connectivity index (χ0n) is 10.1. The van der Waals surface area contributed by atoms with Gasteiger partial charge >= 0.3 is 0 Å². The first-order chi connectivity index (χ1) is 8.24. The Morgan fingerprint density at radius 1 is 1.41 bits per heavy atom. The number of hydrogen-bond acceptors (Lipinski definition) is 4. The highest BCUT2D eigenvalue weighted by atomic mass is 32.1. The number of hydrogen-bond donors (Lipinski definition) is 1. The fourth-order valence-electron chi connectivity index (χ4n) is 1.81. The summed E-state index contributed by atoms with van der Waals surface area (Å²) in [6.45, 7) is 2.70. The van der Waals surface area contributed by atoms with Crippen LogP contribution in [0.5, 0.6) is 0 Å². The molecule has 0 fully saturated rings. The van der Waals surface area contributed by atoms with Crippen molar-refractivity contribution < 1.29 is 0 Å². The van der Waals surface area contributed by atoms with Gasteiger partial charge < -0.3 is 10.6 Å². The fraction of sp³-hybridized carbons (Fsp3) is 0.308. The Kier molecular flexibility index (Phi) is 3.76. The summed E-state index contributed by atoms with van der Waals surface area (Å²) < 4.78 is 0. The number of anilines is 1. The lowest BCUT2D eigenvalue weighted by molar-refractivity contribution is 0.735. The molecule has 2 N–H and O–H groups in total. The van der Waals surface area contributed by atoms with E-state index in [4.69, 9.17) is 5.73 Å². The number of rotatable bonds is 4. The van der Waals surface area contributed by atoms with E-state index in [9.17, 15) is 0 Å². The predicted octanol–water partition coefficient (Wildman–Crippen LogP) is 2.80. The van der Waals surface area contributed by atoms with Gasteiger partial charge in [-0.15, -0.1) is 11.3 Å². The summed E-state index contributed by atoms with van der Waals surface area (Å²) in [5.41, 5.74) is 6.83. The molecule has 2 aromatic heterocycles. The lowest BCUT2D eigenvalue weighted by Crippen LogP contribution is -2.23. The quantitative estimate of drug-likeness (QED) is 0.903. The molecule has 1 unspecified atom stereocenters. The van der Waals surface area contributed by atoms with Crippen LogP contribution in [0.3, 0.4) is 0 Å². The molecular weight excluding hydrogens is 230 g/mol. The average Bonchev–Trinajstić information content (AvgIpc) is 2.90. The molecule has 0 bridgehead atoms. The highest BCUT2D eigenvalue weighted by molar-refractivity contribution is 7.10. The first-order valence-corrected chi connectivity index (χ1v) is 6.52. The molecule has 0 saturated heterocycles. The van der Waals surface area contributed by atoms with Crippen LogP contribution in [-0.4, -0.2) is 12.0 Å². The van der Waals surface area contributed by atoms with Gasteiger partial charge in [-0.1, -0.05) is 12.1 Å². The number of pyridine rings is 1. The van der Waals surface area contributed by atoms with E-state index in [0.717, 1.165) is 11.4 Å². The van der Waals surface area contributed by atoms with Gasteiger partial charge in [0.15, 0.2) is 0 Å². The Morgan fingerprint density at radius 2 is 2.24 bits per heavy atom. The lowest BCUT2D eigenvalue weighted by Gasteiger charge is -2.26. The van der Waals surface area contributed by atoms with Gasteiger partial charge in [0.25, 0.3) is 0 Å². The monoisotopic (exact) mass is 247 g/mol. The normalized spacial score (nSPS) is 12.4. The maximum Gasteiger partial charge on any atom is 0.133 e. The first-order valence-electron chi connectivity index (χ1n) is 5.64. The van der Waals surface area contributed by atoms with Gasteiger partial charge in [-0.25, -0.2) is 4.98 Å². The van der Waals surface area contributed by atoms with Crippen molar-refractivity contribution in [2.75, 3.05) is 11.9 Å². The Hall–Kier alpha value is -1.39. The van der Waals surface area contributed by atoms with E-state index in [2.05, 4.69) is 41.4 Å². The van der Waals surface area contributed by atoms with Crippen molar-refractivity contribution in [3.8, 4) is 0 Å². The van der Waals surface area contributed by atoms with Crippen molar-refractivity contribution in [2.24, 2.45) is 5.73 Å². The number of aromatic nitrogens is 1. The summed E-state index contributed by atoms with van der Waals surface area (Å²) in [5.74, 6) is 0.968. The number of nitrogens with two attached hydrogens (primary N) is 1. The van der Waals surface area contributed by atoms with Crippen LogP contribution >= 0.6 is 11.3 Å². The van der Waals surface area contributed by atoms with Gasteiger partial charge in [0.1, 0.15) is 5.82 Å². The maximum atomic E-state index is 5.74. The molecular formula is C13H17N3S. The molecule has 2 aromatic rings. The predicted molar refractivity (Wildman–Crippen MR) is 73.3 cm³/mol. The van der Waals surface area contributed by atoms with E-state index >= 15 is 0 Å². The van der Waals surface area contributed by atoms with Crippen LogP contribution in [0.4, 0.5) is 5.82 Å². The maximum absolute atomic E-state index is 5.74. The van der Waals surface area contributed by atoms with Gasteiger partial charge in [0.2, 0.25) is 0 Å². The van der Waals surface area contributed by atoms with Crippen molar-refractivity contribution in [3.05, 3.63) is 46.3 Å². The second kappa shape index (κ2) is 5.29. The minimum absolute atomic E-state index is 0.315. The molecule has 0 aromatic carbocycles. The molecule has 2 rings (SSSR count). The van der Waals surface area contributed by atoms with Gasteiger partial charge in [0.05, 0.1) is 6.04 Å². The van der Waals surface area contributed by atoms with E-state index in [1.54, 1.807) is 11.3 Å². The highest BCUT2D eigenvalue weighted by Gasteiger charge is 2.16. The Morgan fingerprint density at radius 3 is 2.88 bits per heavy atom. The Labute approximate surface area is 106 Å². The van der Waals surface area contributed by atoms with Crippen LogP contribution in [0.15, 0.2) is 35.8 Å². The van der Waals surface area contributed by atoms with Gasteiger partial charge in [-0.2, -0.15) is 0 Å². The van der Waals surface area contributed by atoms with Crippen molar-refractivity contribution >= 4 is 17.2 Å². The summed E-state index contributed by atoms with van der Waals surface area (Å²) in [7, 11) is 2.06. The molecule has 4 heteroatoms. The minimum Gasteiger partial charge on any atom is -0.352 e. The van der Waals surface area contributed by atoms with Crippen LogP contribution in [-0.2, 0) is 6.54 Å². The molecule has 90 valence electrons. The van der Waals surface area contributed by atoms with Crippen LogP contribution in [0, 0.1) is 0 Å². The van der Waals surface area contributed by atoms with Gasteiger partial charge in [-0.05, 0) is 24.4 Å². The van der Waals surface area contributed by atoms with Crippen molar-refractivity contribution in [1.82, 2.24) is 4.98 Å². The van der Waals surface area contributed by atoms with E-state index in [1.807, 2.05) is 18.3 Å². The Balaban J connectivity index is 2.27. The third-order valence-corrected chi connectivity index (χ3v) is 4.00. The second-order valence-electron chi connectivity index (χ2n) is 3.99. The molecule has 0 spiro atoms. The molecule has 0 aliphatic heterocycles. The van der Waals surface area contributed by atoms with Crippen molar-refractivity contribution in [1.29, 1.82) is 0 Å². The van der Waals surface area contributed by atoms with Gasteiger partial charge in [0, 0.05) is 30.2 Å². The molecule has 2 heterocycles. The summed E-state index contributed by atoms with van der Waals surface area (Å²) in [6, 6.07) is 8.49. The topological polar surface area (TPSA) is 42.2 Å². The molecule has 0 saturated carbocycles. The Bertz CT molecular complexity index is 467. The van der Waals surface area contributed by atoms with Crippen LogP contribution in [0.25, 0.3) is 0 Å². The number of nitrogens with zero attached hydrogens (tertiary/aromatic N) is 2.